The SMILES string of the molecule is CCc1ccc(C(=O)OO)cc1. The standard InChI is InChI=1S/C9H10O3/c1-2-7-3-5-8(6-4-7)9(10)12-11/h3-6,11H,2H2,1H3. The summed E-state index contributed by atoms with van der Waals surface area (Å²) in [6, 6.07) is 6.90. The topological polar surface area (TPSA) is 46.5 Å². The molecule has 1 aromatic carbocycles. The highest BCUT2D eigenvalue weighted by Gasteiger charge is 2.04. The van der Waals surface area contributed by atoms with Crippen molar-refractivity contribution in [3.05, 3.63) is 35.4 Å². The third-order valence-electron chi connectivity index (χ3n) is 1.68. The summed E-state index contributed by atoms with van der Waals surface area (Å²) < 4.78 is 0. The lowest BCUT2D eigenvalue weighted by Crippen LogP contribution is -2.01. The first-order valence-electron chi connectivity index (χ1n) is 3.72. The lowest BCUT2D eigenvalue weighted by Gasteiger charge is -1.98. The number of carbonyl (C=O) groups is 1. The van der Waals surface area contributed by atoms with Gasteiger partial charge in [0.1, 0.15) is 0 Å². The molecule has 0 aliphatic heterocycles. The summed E-state index contributed by atoms with van der Waals surface area (Å²) >= 11 is 0. The minimum Gasteiger partial charge on any atom is -0.296 e. The lowest BCUT2D eigenvalue weighted by atomic mass is 10.1. The van der Waals surface area contributed by atoms with E-state index in [0.29, 0.717) is 5.56 Å². The van der Waals surface area contributed by atoms with E-state index in [2.05, 4.69) is 4.89 Å². The third-order valence-corrected chi connectivity index (χ3v) is 1.68. The van der Waals surface area contributed by atoms with Crippen molar-refractivity contribution in [2.75, 3.05) is 0 Å². The summed E-state index contributed by atoms with van der Waals surface area (Å²) in [4.78, 5) is 14.3. The van der Waals surface area contributed by atoms with Gasteiger partial charge in [0.2, 0.25) is 0 Å². The van der Waals surface area contributed by atoms with Gasteiger partial charge < -0.3 is 0 Å². The van der Waals surface area contributed by atoms with Crippen molar-refractivity contribution < 1.29 is 14.9 Å². The zero-order valence-electron chi connectivity index (χ0n) is 6.78. The van der Waals surface area contributed by atoms with Crippen molar-refractivity contribution in [2.24, 2.45) is 0 Å². The van der Waals surface area contributed by atoms with Crippen LogP contribution in [0.3, 0.4) is 0 Å². The second-order valence-electron chi connectivity index (χ2n) is 2.43. The molecule has 0 saturated carbocycles. The van der Waals surface area contributed by atoms with Gasteiger partial charge in [0.15, 0.2) is 0 Å². The van der Waals surface area contributed by atoms with Gasteiger partial charge in [-0.1, -0.05) is 19.1 Å². The maximum atomic E-state index is 10.7. The normalized spacial score (nSPS) is 9.50. The van der Waals surface area contributed by atoms with E-state index in [-0.39, 0.29) is 0 Å². The molecule has 0 unspecified atom stereocenters. The molecule has 0 aliphatic carbocycles. The van der Waals surface area contributed by atoms with Gasteiger partial charge in [-0.25, -0.2) is 4.79 Å². The number of hydrogen-bond donors (Lipinski definition) is 1. The molecule has 0 bridgehead atoms. The molecular formula is C9H10O3. The first-order chi connectivity index (χ1) is 5.77. The van der Waals surface area contributed by atoms with Gasteiger partial charge in [0.05, 0.1) is 5.56 Å². The van der Waals surface area contributed by atoms with Crippen molar-refractivity contribution in [2.45, 2.75) is 13.3 Å². The Balaban J connectivity index is 2.84. The molecule has 12 heavy (non-hydrogen) atoms. The Morgan fingerprint density at radius 2 is 2.00 bits per heavy atom. The molecule has 0 atom stereocenters. The highest BCUT2D eigenvalue weighted by molar-refractivity contribution is 5.88. The summed E-state index contributed by atoms with van der Waals surface area (Å²) in [6.07, 6.45) is 0.925. The van der Waals surface area contributed by atoms with Crippen LogP contribution in [0.15, 0.2) is 24.3 Å². The van der Waals surface area contributed by atoms with Crippen LogP contribution in [0.1, 0.15) is 22.8 Å². The van der Waals surface area contributed by atoms with Gasteiger partial charge >= 0.3 is 5.97 Å². The monoisotopic (exact) mass is 166 g/mol. The Kier molecular flexibility index (Phi) is 2.82. The lowest BCUT2D eigenvalue weighted by molar-refractivity contribution is -0.182. The molecule has 0 amide bonds. The van der Waals surface area contributed by atoms with E-state index in [1.807, 2.05) is 19.1 Å². The minimum absolute atomic E-state index is 0.356. The van der Waals surface area contributed by atoms with Crippen LogP contribution in [0, 0.1) is 0 Å². The number of hydrogen-bond acceptors (Lipinski definition) is 3. The average Bonchev–Trinajstić information content (AvgIpc) is 2.17. The van der Waals surface area contributed by atoms with E-state index < -0.39 is 5.97 Å². The first kappa shape index (κ1) is 8.74. The molecule has 1 N–H and O–H groups in total. The van der Waals surface area contributed by atoms with Crippen molar-refractivity contribution in [3.63, 3.8) is 0 Å². The zero-order valence-corrected chi connectivity index (χ0v) is 6.78. The van der Waals surface area contributed by atoms with Crippen LogP contribution in [0.4, 0.5) is 0 Å². The Hall–Kier alpha value is -1.35. The van der Waals surface area contributed by atoms with Crippen LogP contribution in [-0.4, -0.2) is 11.2 Å². The maximum Gasteiger partial charge on any atom is 0.372 e. The van der Waals surface area contributed by atoms with Gasteiger partial charge in [-0.05, 0) is 24.1 Å². The highest BCUT2D eigenvalue weighted by atomic mass is 17.1. The molecule has 1 aromatic rings. The highest BCUT2D eigenvalue weighted by Crippen LogP contribution is 2.05. The number of aryl methyl sites for hydroxylation is 1. The summed E-state index contributed by atoms with van der Waals surface area (Å²) in [5, 5.41) is 8.07. The summed E-state index contributed by atoms with van der Waals surface area (Å²) in [6.45, 7) is 2.03. The van der Waals surface area contributed by atoms with Crippen molar-refractivity contribution >= 4 is 5.97 Å². The number of carbonyl (C=O) groups excluding carboxylic acids is 1. The van der Waals surface area contributed by atoms with Crippen molar-refractivity contribution in [1.82, 2.24) is 0 Å². The minimum atomic E-state index is -0.724. The largest absolute Gasteiger partial charge is 0.372 e. The summed E-state index contributed by atoms with van der Waals surface area (Å²) in [5.41, 5.74) is 1.50. The quantitative estimate of drug-likeness (QED) is 0.539. The van der Waals surface area contributed by atoms with E-state index >= 15 is 0 Å². The number of benzene rings is 1. The fourth-order valence-corrected chi connectivity index (χ4v) is 0.929. The molecule has 1 rings (SSSR count). The van der Waals surface area contributed by atoms with Crippen LogP contribution < -0.4 is 0 Å². The maximum absolute atomic E-state index is 10.7. The molecule has 3 heteroatoms. The molecule has 0 heterocycles. The molecule has 0 radical (unpaired) electrons. The fraction of sp³-hybridized carbons (Fsp3) is 0.222. The van der Waals surface area contributed by atoms with E-state index in [1.165, 1.54) is 0 Å². The Bertz CT molecular complexity index is 264. The van der Waals surface area contributed by atoms with E-state index in [4.69, 9.17) is 5.26 Å². The van der Waals surface area contributed by atoms with Crippen LogP contribution in [0.5, 0.6) is 0 Å². The Morgan fingerprint density at radius 3 is 2.42 bits per heavy atom. The van der Waals surface area contributed by atoms with Gasteiger partial charge in [-0.3, -0.25) is 4.89 Å². The molecule has 3 nitrogen and oxygen atoms in total. The number of rotatable bonds is 2. The third kappa shape index (κ3) is 1.83. The Morgan fingerprint density at radius 1 is 1.42 bits per heavy atom. The van der Waals surface area contributed by atoms with Crippen LogP contribution >= 0.6 is 0 Å². The summed E-state index contributed by atoms with van der Waals surface area (Å²) in [5.74, 6) is -0.724. The predicted octanol–water partition coefficient (Wildman–Crippen LogP) is 1.88. The van der Waals surface area contributed by atoms with Crippen LogP contribution in [0.2, 0.25) is 0 Å². The first-order valence-corrected chi connectivity index (χ1v) is 3.72. The fourth-order valence-electron chi connectivity index (χ4n) is 0.929. The molecular weight excluding hydrogens is 156 g/mol. The van der Waals surface area contributed by atoms with Gasteiger partial charge in [0.25, 0.3) is 0 Å². The second-order valence-corrected chi connectivity index (χ2v) is 2.43. The van der Waals surface area contributed by atoms with Crippen LogP contribution in [-0.2, 0) is 11.3 Å². The molecule has 64 valence electrons. The molecule has 0 aromatic heterocycles. The molecule has 0 spiro atoms. The van der Waals surface area contributed by atoms with Crippen LogP contribution in [0.25, 0.3) is 0 Å². The van der Waals surface area contributed by atoms with Gasteiger partial charge in [0, 0.05) is 0 Å². The smallest absolute Gasteiger partial charge is 0.296 e. The van der Waals surface area contributed by atoms with E-state index in [1.54, 1.807) is 12.1 Å². The predicted molar refractivity (Wildman–Crippen MR) is 43.9 cm³/mol. The second kappa shape index (κ2) is 3.88. The van der Waals surface area contributed by atoms with Crippen molar-refractivity contribution in [1.29, 1.82) is 0 Å². The zero-order chi connectivity index (χ0) is 8.97. The summed E-state index contributed by atoms with van der Waals surface area (Å²) in [7, 11) is 0. The van der Waals surface area contributed by atoms with E-state index in [9.17, 15) is 4.79 Å². The van der Waals surface area contributed by atoms with Crippen molar-refractivity contribution in [3.8, 4) is 0 Å². The molecule has 0 aliphatic rings. The van der Waals surface area contributed by atoms with Gasteiger partial charge in [-0.15, -0.1) is 0 Å². The molecule has 0 saturated heterocycles. The van der Waals surface area contributed by atoms with Gasteiger partial charge in [-0.2, -0.15) is 5.26 Å². The molecule has 0 fully saturated rings. The van der Waals surface area contributed by atoms with E-state index in [0.717, 1.165) is 12.0 Å². The Labute approximate surface area is 70.5 Å². The average molecular weight is 166 g/mol.